The summed E-state index contributed by atoms with van der Waals surface area (Å²) in [4.78, 5) is 0. The van der Waals surface area contributed by atoms with Gasteiger partial charge in [-0.3, -0.25) is 0 Å². The first-order valence-corrected chi connectivity index (χ1v) is 8.81. The Balaban J connectivity index is 1.64. The van der Waals surface area contributed by atoms with Crippen LogP contribution in [0.25, 0.3) is 0 Å². The van der Waals surface area contributed by atoms with E-state index in [1.807, 2.05) is 0 Å². The lowest BCUT2D eigenvalue weighted by Gasteiger charge is -2.53. The fraction of sp³-hybridized carbons (Fsp3) is 0.429. The molecule has 3 aliphatic rings. The van der Waals surface area contributed by atoms with E-state index in [1.54, 1.807) is 0 Å². The molecule has 2 nitrogen and oxygen atoms in total. The Labute approximate surface area is 137 Å². The zero-order chi connectivity index (χ0) is 15.4. The van der Waals surface area contributed by atoms with Gasteiger partial charge in [-0.2, -0.15) is 0 Å². The van der Waals surface area contributed by atoms with Crippen molar-refractivity contribution in [1.29, 1.82) is 0 Å². The summed E-state index contributed by atoms with van der Waals surface area (Å²) < 4.78 is 13.3. The molecule has 1 spiro atoms. The molecule has 3 atom stereocenters. The van der Waals surface area contributed by atoms with E-state index in [2.05, 4.69) is 49.4 Å². The average Bonchev–Trinajstić information content (AvgIpc) is 2.57. The summed E-state index contributed by atoms with van der Waals surface area (Å²) in [6.45, 7) is 2.14. The van der Waals surface area contributed by atoms with Crippen molar-refractivity contribution in [2.45, 2.75) is 44.8 Å². The van der Waals surface area contributed by atoms with Gasteiger partial charge in [0.2, 0.25) is 0 Å². The van der Waals surface area contributed by atoms with E-state index < -0.39 is 5.79 Å². The maximum atomic E-state index is 6.69. The lowest BCUT2D eigenvalue weighted by molar-refractivity contribution is -0.226. The van der Waals surface area contributed by atoms with Crippen LogP contribution in [0, 0.1) is 18.8 Å². The fourth-order valence-corrected chi connectivity index (χ4v) is 4.84. The molecule has 2 heterocycles. The molecule has 0 unspecified atom stereocenters. The third-order valence-electron chi connectivity index (χ3n) is 5.97. The first-order valence-electron chi connectivity index (χ1n) is 8.81. The third kappa shape index (κ3) is 1.87. The Morgan fingerprint density at radius 1 is 0.870 bits per heavy atom. The van der Waals surface area contributed by atoms with Crippen molar-refractivity contribution in [2.75, 3.05) is 0 Å². The molecule has 2 aliphatic heterocycles. The normalized spacial score (nSPS) is 30.8. The van der Waals surface area contributed by atoms with Gasteiger partial charge in [-0.05, 0) is 55.4 Å². The summed E-state index contributed by atoms with van der Waals surface area (Å²) >= 11 is 0. The topological polar surface area (TPSA) is 18.5 Å². The van der Waals surface area contributed by atoms with Crippen molar-refractivity contribution in [3.63, 3.8) is 0 Å². The number of aryl methyl sites for hydroxylation is 1. The van der Waals surface area contributed by atoms with Gasteiger partial charge in [0.05, 0.1) is 0 Å². The van der Waals surface area contributed by atoms with Gasteiger partial charge in [0.1, 0.15) is 11.5 Å². The van der Waals surface area contributed by atoms with Gasteiger partial charge in [0, 0.05) is 11.8 Å². The molecular formula is C21H22O2. The van der Waals surface area contributed by atoms with Crippen molar-refractivity contribution in [3.05, 3.63) is 59.2 Å². The molecule has 0 N–H and O–H groups in total. The number of rotatable bonds is 0. The Morgan fingerprint density at radius 3 is 2.48 bits per heavy atom. The van der Waals surface area contributed by atoms with Crippen molar-refractivity contribution >= 4 is 0 Å². The summed E-state index contributed by atoms with van der Waals surface area (Å²) in [6, 6.07) is 15.0. The number of para-hydroxylation sites is 2. The Bertz CT molecular complexity index is 766. The van der Waals surface area contributed by atoms with E-state index in [9.17, 15) is 0 Å². The third-order valence-corrected chi connectivity index (χ3v) is 5.97. The molecule has 2 aromatic rings. The summed E-state index contributed by atoms with van der Waals surface area (Å²) in [5, 5.41) is 0. The molecule has 23 heavy (non-hydrogen) atoms. The van der Waals surface area contributed by atoms with Crippen LogP contribution in [-0.2, 0) is 12.8 Å². The first kappa shape index (κ1) is 13.5. The molecule has 0 aromatic heterocycles. The number of benzene rings is 2. The molecule has 0 amide bonds. The molecule has 5 rings (SSSR count). The molecule has 1 saturated carbocycles. The van der Waals surface area contributed by atoms with E-state index in [-0.39, 0.29) is 0 Å². The first-order chi connectivity index (χ1) is 11.3. The van der Waals surface area contributed by atoms with Crippen LogP contribution < -0.4 is 9.47 Å². The quantitative estimate of drug-likeness (QED) is 0.703. The second kappa shape index (κ2) is 4.77. The fourth-order valence-electron chi connectivity index (χ4n) is 4.84. The van der Waals surface area contributed by atoms with Crippen molar-refractivity contribution in [3.8, 4) is 11.5 Å². The van der Waals surface area contributed by atoms with E-state index in [4.69, 9.17) is 9.47 Å². The second-order valence-corrected chi connectivity index (χ2v) is 7.33. The summed E-state index contributed by atoms with van der Waals surface area (Å²) in [5.41, 5.74) is 3.91. The van der Waals surface area contributed by atoms with Gasteiger partial charge in [-0.15, -0.1) is 0 Å². The molecule has 1 aliphatic carbocycles. The minimum Gasteiger partial charge on any atom is -0.451 e. The number of hydrogen-bond donors (Lipinski definition) is 0. The van der Waals surface area contributed by atoms with E-state index >= 15 is 0 Å². The van der Waals surface area contributed by atoms with Crippen LogP contribution >= 0.6 is 0 Å². The maximum absolute atomic E-state index is 6.69. The van der Waals surface area contributed by atoms with E-state index in [0.717, 1.165) is 24.3 Å². The van der Waals surface area contributed by atoms with Crippen LogP contribution in [0.2, 0.25) is 0 Å². The van der Waals surface area contributed by atoms with Gasteiger partial charge in [-0.1, -0.05) is 42.8 Å². The van der Waals surface area contributed by atoms with E-state index in [0.29, 0.717) is 11.8 Å². The summed E-state index contributed by atoms with van der Waals surface area (Å²) in [7, 11) is 0. The largest absolute Gasteiger partial charge is 0.451 e. The maximum Gasteiger partial charge on any atom is 0.257 e. The number of ether oxygens (including phenoxy) is 2. The summed E-state index contributed by atoms with van der Waals surface area (Å²) in [6.07, 6.45) is 5.84. The van der Waals surface area contributed by atoms with Gasteiger partial charge in [0.25, 0.3) is 5.79 Å². The molecule has 0 saturated heterocycles. The molecule has 118 valence electrons. The standard InChI is InChI=1S/C21H22O2/c1-14-6-4-8-16-13-18-10-5-9-17-12-15-7-2-3-11-19(15)22-21(17,18)23-20(14)16/h2-4,6-8,11,17-18H,5,9-10,12-13H2,1H3/t17-,18-,21-/m1/s1. The number of hydrogen-bond acceptors (Lipinski definition) is 2. The number of fused-ring (bicyclic) bond motifs is 2. The molecule has 2 aromatic carbocycles. The smallest absolute Gasteiger partial charge is 0.257 e. The highest BCUT2D eigenvalue weighted by Gasteiger charge is 2.56. The molecule has 0 radical (unpaired) electrons. The van der Waals surface area contributed by atoms with Crippen LogP contribution in [0.15, 0.2) is 42.5 Å². The summed E-state index contributed by atoms with van der Waals surface area (Å²) in [5.74, 6) is 2.56. The minimum atomic E-state index is -0.453. The van der Waals surface area contributed by atoms with E-state index in [1.165, 1.54) is 36.0 Å². The monoisotopic (exact) mass is 306 g/mol. The van der Waals surface area contributed by atoms with Crippen LogP contribution in [0.1, 0.15) is 36.0 Å². The molecular weight excluding hydrogens is 284 g/mol. The van der Waals surface area contributed by atoms with Gasteiger partial charge < -0.3 is 9.47 Å². The van der Waals surface area contributed by atoms with Gasteiger partial charge in [0.15, 0.2) is 0 Å². The van der Waals surface area contributed by atoms with Crippen LogP contribution in [0.5, 0.6) is 11.5 Å². The SMILES string of the molecule is Cc1cccc2c1O[C@]13Oc4ccccc4C[C@H]1CCC[C@@H]3C2. The zero-order valence-electron chi connectivity index (χ0n) is 13.5. The highest BCUT2D eigenvalue weighted by atomic mass is 16.7. The zero-order valence-corrected chi connectivity index (χ0v) is 13.5. The van der Waals surface area contributed by atoms with Crippen molar-refractivity contribution in [1.82, 2.24) is 0 Å². The Morgan fingerprint density at radius 2 is 1.61 bits per heavy atom. The minimum absolute atomic E-state index is 0.453. The van der Waals surface area contributed by atoms with Crippen molar-refractivity contribution < 1.29 is 9.47 Å². The molecule has 2 heteroatoms. The molecule has 0 bridgehead atoms. The average molecular weight is 306 g/mol. The van der Waals surface area contributed by atoms with Gasteiger partial charge in [-0.25, -0.2) is 0 Å². The highest BCUT2D eigenvalue weighted by molar-refractivity contribution is 5.45. The van der Waals surface area contributed by atoms with Crippen LogP contribution in [0.3, 0.4) is 0 Å². The van der Waals surface area contributed by atoms with Crippen LogP contribution in [-0.4, -0.2) is 5.79 Å². The van der Waals surface area contributed by atoms with Gasteiger partial charge >= 0.3 is 0 Å². The lowest BCUT2D eigenvalue weighted by Crippen LogP contribution is -2.61. The lowest BCUT2D eigenvalue weighted by atomic mass is 9.68. The second-order valence-electron chi connectivity index (χ2n) is 7.33. The predicted octanol–water partition coefficient (Wildman–Crippen LogP) is 4.68. The highest BCUT2D eigenvalue weighted by Crippen LogP contribution is 2.53. The Hall–Kier alpha value is -1.96. The predicted molar refractivity (Wildman–Crippen MR) is 89.8 cm³/mol. The molecule has 1 fully saturated rings. The van der Waals surface area contributed by atoms with Crippen molar-refractivity contribution in [2.24, 2.45) is 11.8 Å². The Kier molecular flexibility index (Phi) is 2.79. The van der Waals surface area contributed by atoms with Crippen LogP contribution in [0.4, 0.5) is 0 Å².